The molecule has 0 aromatic carbocycles. The zero-order chi connectivity index (χ0) is 11.6. The van der Waals surface area contributed by atoms with Crippen LogP contribution in [0, 0.1) is 0 Å². The molecule has 15 heavy (non-hydrogen) atoms. The lowest BCUT2D eigenvalue weighted by molar-refractivity contribution is -0.291. The Balaban J connectivity index is 2.54. The minimum absolute atomic E-state index is 0.197. The molecule has 88 valence electrons. The van der Waals surface area contributed by atoms with Gasteiger partial charge in [-0.15, -0.1) is 0 Å². The van der Waals surface area contributed by atoms with Crippen molar-refractivity contribution in [2.45, 2.75) is 44.6 Å². The van der Waals surface area contributed by atoms with Crippen LogP contribution in [0.25, 0.3) is 0 Å². The fourth-order valence-corrected chi connectivity index (χ4v) is 1.35. The summed E-state index contributed by atoms with van der Waals surface area (Å²) in [5, 5.41) is 28.2. The third-order valence-electron chi connectivity index (χ3n) is 2.26. The first-order chi connectivity index (χ1) is 6.93. The summed E-state index contributed by atoms with van der Waals surface area (Å²) in [6.45, 7) is 2.69. The maximum atomic E-state index is 10.6. The highest BCUT2D eigenvalue weighted by molar-refractivity contribution is 5.76. The fraction of sp³-hybridized carbons (Fsp3) is 0.889. The lowest BCUT2D eigenvalue weighted by atomic mass is 10.0. The molecule has 6 nitrogen and oxygen atoms in total. The van der Waals surface area contributed by atoms with Gasteiger partial charge in [0, 0.05) is 0 Å². The molecule has 0 saturated carbocycles. The van der Waals surface area contributed by atoms with E-state index in [1.165, 1.54) is 6.92 Å². The zero-order valence-electron chi connectivity index (χ0n) is 8.66. The fourth-order valence-electron chi connectivity index (χ4n) is 1.35. The lowest BCUT2D eigenvalue weighted by Crippen LogP contribution is -2.57. The summed E-state index contributed by atoms with van der Waals surface area (Å²) in [6.07, 6.45) is -5.57. The first-order valence-electron chi connectivity index (χ1n) is 4.74. The molecular formula is C9H16O6. The van der Waals surface area contributed by atoms with Crippen LogP contribution < -0.4 is 0 Å². The van der Waals surface area contributed by atoms with Crippen molar-refractivity contribution in [2.75, 3.05) is 6.61 Å². The average molecular weight is 220 g/mol. The average Bonchev–Trinajstić information content (AvgIpc) is 2.18. The van der Waals surface area contributed by atoms with Crippen molar-refractivity contribution in [3.05, 3.63) is 0 Å². The second-order valence-electron chi connectivity index (χ2n) is 3.69. The SMILES string of the molecule is CC(=O)CO[C@@H]1O[C@@H](C)[C@@H](O)[C@@H](O)[C@@H]1O. The molecule has 0 unspecified atom stereocenters. The Morgan fingerprint density at radius 2 is 1.87 bits per heavy atom. The van der Waals surface area contributed by atoms with Gasteiger partial charge in [0.2, 0.25) is 0 Å². The molecule has 0 bridgehead atoms. The Bertz CT molecular complexity index is 231. The molecule has 1 aliphatic heterocycles. The highest BCUT2D eigenvalue weighted by atomic mass is 16.7. The maximum Gasteiger partial charge on any atom is 0.187 e. The van der Waals surface area contributed by atoms with Crippen molar-refractivity contribution < 1.29 is 29.6 Å². The molecule has 1 fully saturated rings. The van der Waals surface area contributed by atoms with E-state index in [9.17, 15) is 20.1 Å². The van der Waals surface area contributed by atoms with Crippen LogP contribution in [0.3, 0.4) is 0 Å². The summed E-state index contributed by atoms with van der Waals surface area (Å²) < 4.78 is 10.1. The molecule has 5 atom stereocenters. The molecule has 0 aromatic heterocycles. The zero-order valence-corrected chi connectivity index (χ0v) is 8.66. The number of rotatable bonds is 3. The second-order valence-corrected chi connectivity index (χ2v) is 3.69. The van der Waals surface area contributed by atoms with Gasteiger partial charge in [-0.1, -0.05) is 0 Å². The molecule has 1 heterocycles. The molecule has 1 saturated heterocycles. The van der Waals surface area contributed by atoms with E-state index in [2.05, 4.69) is 0 Å². The number of ether oxygens (including phenoxy) is 2. The summed E-state index contributed by atoms with van der Waals surface area (Å²) in [7, 11) is 0. The quantitative estimate of drug-likeness (QED) is 0.531. The van der Waals surface area contributed by atoms with Crippen LogP contribution in [0.1, 0.15) is 13.8 Å². The number of carbonyl (C=O) groups excluding carboxylic acids is 1. The molecule has 0 aromatic rings. The minimum atomic E-state index is -1.35. The maximum absolute atomic E-state index is 10.6. The van der Waals surface area contributed by atoms with E-state index in [4.69, 9.17) is 9.47 Å². The molecule has 3 N–H and O–H groups in total. The number of hydrogen-bond donors (Lipinski definition) is 3. The van der Waals surface area contributed by atoms with Crippen LogP contribution in [0.5, 0.6) is 0 Å². The van der Waals surface area contributed by atoms with Crippen molar-refractivity contribution in [3.8, 4) is 0 Å². The van der Waals surface area contributed by atoms with Crippen LogP contribution in [0.2, 0.25) is 0 Å². The van der Waals surface area contributed by atoms with Gasteiger partial charge in [0.1, 0.15) is 24.9 Å². The lowest BCUT2D eigenvalue weighted by Gasteiger charge is -2.38. The van der Waals surface area contributed by atoms with E-state index in [1.807, 2.05) is 0 Å². The molecule has 0 aliphatic carbocycles. The minimum Gasteiger partial charge on any atom is -0.388 e. The highest BCUT2D eigenvalue weighted by Crippen LogP contribution is 2.21. The van der Waals surface area contributed by atoms with Gasteiger partial charge in [-0.25, -0.2) is 0 Å². The molecular weight excluding hydrogens is 204 g/mol. The Hall–Kier alpha value is -0.530. The third-order valence-corrected chi connectivity index (χ3v) is 2.26. The van der Waals surface area contributed by atoms with Gasteiger partial charge in [0.25, 0.3) is 0 Å². The van der Waals surface area contributed by atoms with Gasteiger partial charge < -0.3 is 24.8 Å². The number of aliphatic hydroxyl groups excluding tert-OH is 3. The van der Waals surface area contributed by atoms with Gasteiger partial charge in [0.15, 0.2) is 12.1 Å². The first-order valence-corrected chi connectivity index (χ1v) is 4.74. The molecule has 1 rings (SSSR count). The van der Waals surface area contributed by atoms with Gasteiger partial charge >= 0.3 is 0 Å². The molecule has 0 radical (unpaired) electrons. The standard InChI is InChI=1S/C9H16O6/c1-4(10)3-14-9-8(13)7(12)6(11)5(2)15-9/h5-9,11-13H,3H2,1-2H3/t5-,6+,7+,8-,9+/m0/s1. The van der Waals surface area contributed by atoms with E-state index in [0.717, 1.165) is 0 Å². The van der Waals surface area contributed by atoms with E-state index >= 15 is 0 Å². The van der Waals surface area contributed by atoms with Crippen molar-refractivity contribution in [2.24, 2.45) is 0 Å². The molecule has 0 amide bonds. The van der Waals surface area contributed by atoms with E-state index in [-0.39, 0.29) is 12.4 Å². The van der Waals surface area contributed by atoms with Crippen molar-refractivity contribution in [1.29, 1.82) is 0 Å². The van der Waals surface area contributed by atoms with Crippen molar-refractivity contribution in [3.63, 3.8) is 0 Å². The third kappa shape index (κ3) is 2.96. The summed E-state index contributed by atoms with van der Waals surface area (Å²) in [6, 6.07) is 0. The van der Waals surface area contributed by atoms with Crippen molar-refractivity contribution in [1.82, 2.24) is 0 Å². The van der Waals surface area contributed by atoms with E-state index < -0.39 is 30.7 Å². The van der Waals surface area contributed by atoms with Gasteiger partial charge in [-0.3, -0.25) is 4.79 Å². The molecule has 0 spiro atoms. The Labute approximate surface area is 87.4 Å². The highest BCUT2D eigenvalue weighted by Gasteiger charge is 2.42. The van der Waals surface area contributed by atoms with Crippen LogP contribution in [0.15, 0.2) is 0 Å². The smallest absolute Gasteiger partial charge is 0.187 e. The topological polar surface area (TPSA) is 96.2 Å². The Morgan fingerprint density at radius 1 is 1.27 bits per heavy atom. The van der Waals surface area contributed by atoms with E-state index in [0.29, 0.717) is 0 Å². The van der Waals surface area contributed by atoms with Gasteiger partial charge in [-0.2, -0.15) is 0 Å². The number of hydrogen-bond acceptors (Lipinski definition) is 6. The van der Waals surface area contributed by atoms with Crippen LogP contribution >= 0.6 is 0 Å². The number of aliphatic hydroxyl groups is 3. The summed E-state index contributed by atoms with van der Waals surface area (Å²) >= 11 is 0. The monoisotopic (exact) mass is 220 g/mol. The van der Waals surface area contributed by atoms with Gasteiger partial charge in [-0.05, 0) is 13.8 Å². The van der Waals surface area contributed by atoms with Crippen molar-refractivity contribution >= 4 is 5.78 Å². The summed E-state index contributed by atoms with van der Waals surface area (Å²) in [4.78, 5) is 10.6. The van der Waals surface area contributed by atoms with E-state index in [1.54, 1.807) is 6.92 Å². The Morgan fingerprint density at radius 3 is 2.40 bits per heavy atom. The second kappa shape index (κ2) is 5.00. The Kier molecular flexibility index (Phi) is 4.18. The number of ketones is 1. The summed E-state index contributed by atoms with van der Waals surface area (Å²) in [5.41, 5.74) is 0. The van der Waals surface area contributed by atoms with Gasteiger partial charge in [0.05, 0.1) is 6.10 Å². The molecule has 1 aliphatic rings. The molecule has 6 heteroatoms. The van der Waals surface area contributed by atoms with Crippen LogP contribution in [0.4, 0.5) is 0 Å². The number of carbonyl (C=O) groups is 1. The predicted molar refractivity (Wildman–Crippen MR) is 49.0 cm³/mol. The first kappa shape index (κ1) is 12.5. The summed E-state index contributed by atoms with van der Waals surface area (Å²) in [5.74, 6) is -0.209. The van der Waals surface area contributed by atoms with Crippen LogP contribution in [-0.4, -0.2) is 58.4 Å². The normalized spacial score (nSPS) is 41.5. The number of Topliss-reactive ketones (excluding diaryl/α,β-unsaturated/α-hetero) is 1. The largest absolute Gasteiger partial charge is 0.388 e. The predicted octanol–water partition coefficient (Wildman–Crippen LogP) is -1.58. The van der Waals surface area contributed by atoms with Crippen LogP contribution in [-0.2, 0) is 14.3 Å².